The quantitative estimate of drug-likeness (QED) is 0.626. The van der Waals surface area contributed by atoms with E-state index in [0.29, 0.717) is 31.7 Å². The number of carbonyl (C=O) groups is 1. The summed E-state index contributed by atoms with van der Waals surface area (Å²) in [7, 11) is 1.67. The number of amides is 1. The van der Waals surface area contributed by atoms with Crippen LogP contribution in [-0.4, -0.2) is 56.5 Å². The van der Waals surface area contributed by atoms with Crippen molar-refractivity contribution in [3.8, 4) is 0 Å². The van der Waals surface area contributed by atoms with Gasteiger partial charge in [-0.25, -0.2) is 0 Å². The molecule has 0 aromatic carbocycles. The van der Waals surface area contributed by atoms with Gasteiger partial charge in [-0.2, -0.15) is 0 Å². The van der Waals surface area contributed by atoms with E-state index in [1.165, 1.54) is 0 Å². The van der Waals surface area contributed by atoms with Gasteiger partial charge >= 0.3 is 0 Å². The van der Waals surface area contributed by atoms with E-state index in [1.54, 1.807) is 7.11 Å². The fourth-order valence-corrected chi connectivity index (χ4v) is 2.69. The molecule has 124 valence electrons. The molecule has 21 heavy (non-hydrogen) atoms. The van der Waals surface area contributed by atoms with Crippen LogP contribution in [-0.2, 0) is 14.3 Å². The number of carbonyl (C=O) groups excluding carboxylic acids is 1. The molecule has 1 heterocycles. The van der Waals surface area contributed by atoms with E-state index in [-0.39, 0.29) is 18.1 Å². The van der Waals surface area contributed by atoms with Gasteiger partial charge in [0.15, 0.2) is 0 Å². The minimum atomic E-state index is -0.0307. The van der Waals surface area contributed by atoms with Crippen molar-refractivity contribution in [2.45, 2.75) is 52.7 Å². The largest absolute Gasteiger partial charge is 0.382 e. The summed E-state index contributed by atoms with van der Waals surface area (Å²) in [5.41, 5.74) is 0. The summed E-state index contributed by atoms with van der Waals surface area (Å²) in [4.78, 5) is 14.6. The van der Waals surface area contributed by atoms with Gasteiger partial charge in [0.05, 0.1) is 25.4 Å². The highest BCUT2D eigenvalue weighted by Crippen LogP contribution is 2.23. The van der Waals surface area contributed by atoms with E-state index in [9.17, 15) is 4.79 Å². The van der Waals surface area contributed by atoms with Gasteiger partial charge in [0.2, 0.25) is 5.91 Å². The summed E-state index contributed by atoms with van der Waals surface area (Å²) >= 11 is 0. The number of nitrogens with one attached hydrogen (secondary N) is 1. The summed E-state index contributed by atoms with van der Waals surface area (Å²) in [5.74, 6) is 1.04. The number of hydrogen-bond acceptors (Lipinski definition) is 4. The third kappa shape index (κ3) is 5.24. The molecule has 1 N–H and O–H groups in total. The third-order valence-corrected chi connectivity index (χ3v) is 4.20. The number of ether oxygens (including phenoxy) is 2. The second-order valence-corrected chi connectivity index (χ2v) is 6.21. The summed E-state index contributed by atoms with van der Waals surface area (Å²) in [6.07, 6.45) is 2.03. The van der Waals surface area contributed by atoms with Gasteiger partial charge in [-0.3, -0.25) is 10.1 Å². The van der Waals surface area contributed by atoms with Gasteiger partial charge in [0, 0.05) is 20.3 Å². The third-order valence-electron chi connectivity index (χ3n) is 4.20. The fraction of sp³-hybridized carbons (Fsp3) is 0.938. The first-order chi connectivity index (χ1) is 10.0. The number of methoxy groups -OCH3 is 1. The van der Waals surface area contributed by atoms with E-state index in [1.807, 2.05) is 4.90 Å². The minimum Gasteiger partial charge on any atom is -0.382 e. The highest BCUT2D eigenvalue weighted by Gasteiger charge is 2.41. The Labute approximate surface area is 129 Å². The standard InChI is InChI=1S/C16H32N2O3/c1-6-13(4)14-16(19)18(15(17-14)12(2)3)8-7-9-21-11-10-20-5/h12-15,17H,6-11H2,1-5H3. The average Bonchev–Trinajstić information content (AvgIpc) is 2.79. The van der Waals surface area contributed by atoms with Crippen LogP contribution in [0.2, 0.25) is 0 Å². The molecule has 3 unspecified atom stereocenters. The van der Waals surface area contributed by atoms with Gasteiger partial charge in [-0.1, -0.05) is 34.1 Å². The zero-order valence-electron chi connectivity index (χ0n) is 14.2. The second kappa shape index (κ2) is 9.38. The van der Waals surface area contributed by atoms with Gasteiger partial charge in [-0.15, -0.1) is 0 Å². The molecule has 1 rings (SSSR count). The van der Waals surface area contributed by atoms with E-state index < -0.39 is 0 Å². The molecule has 0 bridgehead atoms. The first-order valence-electron chi connectivity index (χ1n) is 8.16. The van der Waals surface area contributed by atoms with Crippen LogP contribution >= 0.6 is 0 Å². The monoisotopic (exact) mass is 300 g/mol. The Morgan fingerprint density at radius 1 is 1.24 bits per heavy atom. The van der Waals surface area contributed by atoms with Crippen molar-refractivity contribution in [1.29, 1.82) is 0 Å². The van der Waals surface area contributed by atoms with Crippen LogP contribution in [0.3, 0.4) is 0 Å². The average molecular weight is 300 g/mol. The lowest BCUT2D eigenvalue weighted by molar-refractivity contribution is -0.131. The van der Waals surface area contributed by atoms with Crippen molar-refractivity contribution in [2.75, 3.05) is 33.5 Å². The van der Waals surface area contributed by atoms with E-state index in [0.717, 1.165) is 19.4 Å². The smallest absolute Gasteiger partial charge is 0.241 e. The molecular formula is C16H32N2O3. The Bertz CT molecular complexity index is 310. The predicted octanol–water partition coefficient (Wildman–Crippen LogP) is 1.87. The molecule has 0 aromatic rings. The van der Waals surface area contributed by atoms with Gasteiger partial charge in [-0.05, 0) is 18.3 Å². The highest BCUT2D eigenvalue weighted by molar-refractivity contribution is 5.84. The van der Waals surface area contributed by atoms with E-state index in [4.69, 9.17) is 9.47 Å². The number of hydrogen-bond donors (Lipinski definition) is 1. The molecular weight excluding hydrogens is 268 g/mol. The Balaban J connectivity index is 2.47. The zero-order chi connectivity index (χ0) is 15.8. The molecule has 1 aliphatic rings. The van der Waals surface area contributed by atoms with Crippen molar-refractivity contribution in [1.82, 2.24) is 10.2 Å². The Kier molecular flexibility index (Phi) is 8.22. The summed E-state index contributed by atoms with van der Waals surface area (Å²) in [6.45, 7) is 11.3. The lowest BCUT2D eigenvalue weighted by Gasteiger charge is -2.27. The SMILES string of the molecule is CCC(C)C1NC(C(C)C)N(CCCOCCOC)C1=O. The fourth-order valence-electron chi connectivity index (χ4n) is 2.69. The zero-order valence-corrected chi connectivity index (χ0v) is 14.2. The topological polar surface area (TPSA) is 50.8 Å². The summed E-state index contributed by atoms with van der Waals surface area (Å²) < 4.78 is 10.4. The van der Waals surface area contributed by atoms with Gasteiger partial charge in [0.25, 0.3) is 0 Å². The van der Waals surface area contributed by atoms with Crippen molar-refractivity contribution in [3.63, 3.8) is 0 Å². The van der Waals surface area contributed by atoms with Crippen molar-refractivity contribution >= 4 is 5.91 Å². The molecule has 0 saturated carbocycles. The van der Waals surface area contributed by atoms with Crippen molar-refractivity contribution in [2.24, 2.45) is 11.8 Å². The first kappa shape index (κ1) is 18.4. The molecule has 1 fully saturated rings. The van der Waals surface area contributed by atoms with Crippen LogP contribution in [0.5, 0.6) is 0 Å². The normalized spacial score (nSPS) is 24.1. The Morgan fingerprint density at radius 3 is 2.52 bits per heavy atom. The maximum absolute atomic E-state index is 12.6. The number of rotatable bonds is 10. The highest BCUT2D eigenvalue weighted by atomic mass is 16.5. The number of nitrogens with zero attached hydrogens (tertiary/aromatic N) is 1. The Morgan fingerprint density at radius 2 is 1.95 bits per heavy atom. The van der Waals surface area contributed by atoms with Crippen LogP contribution < -0.4 is 5.32 Å². The second-order valence-electron chi connectivity index (χ2n) is 6.21. The van der Waals surface area contributed by atoms with Crippen LogP contribution in [0.4, 0.5) is 0 Å². The van der Waals surface area contributed by atoms with Crippen LogP contribution in [0.15, 0.2) is 0 Å². The molecule has 5 nitrogen and oxygen atoms in total. The molecule has 0 spiro atoms. The Hall–Kier alpha value is -0.650. The molecule has 1 aliphatic heterocycles. The lowest BCUT2D eigenvalue weighted by Crippen LogP contribution is -2.42. The summed E-state index contributed by atoms with van der Waals surface area (Å²) in [5, 5.41) is 3.52. The molecule has 3 atom stereocenters. The lowest BCUT2D eigenvalue weighted by atomic mass is 9.99. The molecule has 5 heteroatoms. The maximum Gasteiger partial charge on any atom is 0.241 e. The molecule has 0 aromatic heterocycles. The van der Waals surface area contributed by atoms with Gasteiger partial charge in [0.1, 0.15) is 0 Å². The van der Waals surface area contributed by atoms with Crippen molar-refractivity contribution in [3.05, 3.63) is 0 Å². The maximum atomic E-state index is 12.6. The van der Waals surface area contributed by atoms with E-state index >= 15 is 0 Å². The summed E-state index contributed by atoms with van der Waals surface area (Å²) in [6, 6.07) is -0.0307. The minimum absolute atomic E-state index is 0.0307. The van der Waals surface area contributed by atoms with E-state index in [2.05, 4.69) is 33.0 Å². The molecule has 1 amide bonds. The molecule has 0 radical (unpaired) electrons. The van der Waals surface area contributed by atoms with Gasteiger partial charge < -0.3 is 14.4 Å². The van der Waals surface area contributed by atoms with Crippen LogP contribution in [0.1, 0.15) is 40.5 Å². The molecule has 1 saturated heterocycles. The molecule has 0 aliphatic carbocycles. The van der Waals surface area contributed by atoms with Crippen LogP contribution in [0, 0.1) is 11.8 Å². The predicted molar refractivity (Wildman–Crippen MR) is 84.0 cm³/mol. The van der Waals surface area contributed by atoms with Crippen molar-refractivity contribution < 1.29 is 14.3 Å². The first-order valence-corrected chi connectivity index (χ1v) is 8.16. The van der Waals surface area contributed by atoms with Crippen LogP contribution in [0.25, 0.3) is 0 Å².